The molecule has 2 atom stereocenters. The van der Waals surface area contributed by atoms with E-state index < -0.39 is 11.4 Å². The van der Waals surface area contributed by atoms with Gasteiger partial charge in [0.15, 0.2) is 0 Å². The Hall–Kier alpha value is -1.10. The number of carboxylic acids is 1. The zero-order chi connectivity index (χ0) is 14.6. The third-order valence-corrected chi connectivity index (χ3v) is 4.86. The fourth-order valence-electron chi connectivity index (χ4n) is 3.56. The Labute approximate surface area is 119 Å². The van der Waals surface area contributed by atoms with Gasteiger partial charge in [-0.2, -0.15) is 0 Å². The van der Waals surface area contributed by atoms with Crippen LogP contribution >= 0.6 is 0 Å². The van der Waals surface area contributed by atoms with Crippen molar-refractivity contribution in [3.8, 4) is 0 Å². The summed E-state index contributed by atoms with van der Waals surface area (Å²) in [7, 11) is 0. The minimum atomic E-state index is -0.850. The molecule has 2 aliphatic carbocycles. The molecule has 2 saturated carbocycles. The molecule has 0 heterocycles. The third-order valence-electron chi connectivity index (χ3n) is 4.86. The lowest BCUT2D eigenvalue weighted by Gasteiger charge is -2.32. The van der Waals surface area contributed by atoms with E-state index in [1.807, 2.05) is 0 Å². The molecule has 3 N–H and O–H groups in total. The Morgan fingerprint density at radius 1 is 1.15 bits per heavy atom. The Morgan fingerprint density at radius 2 is 1.85 bits per heavy atom. The predicted molar refractivity (Wildman–Crippen MR) is 74.1 cm³/mol. The molecule has 5 heteroatoms. The summed E-state index contributed by atoms with van der Waals surface area (Å²) in [6.45, 7) is 0.561. The number of aliphatic hydroxyl groups is 1. The summed E-state index contributed by atoms with van der Waals surface area (Å²) in [5, 5.41) is 21.7. The van der Waals surface area contributed by atoms with Crippen LogP contribution in [0.3, 0.4) is 0 Å². The first-order valence-corrected chi connectivity index (χ1v) is 7.70. The van der Waals surface area contributed by atoms with Gasteiger partial charge in [-0.25, -0.2) is 0 Å². The van der Waals surface area contributed by atoms with Crippen molar-refractivity contribution < 1.29 is 19.8 Å². The molecule has 2 rings (SSSR count). The normalized spacial score (nSPS) is 29.1. The first kappa shape index (κ1) is 15.3. The van der Waals surface area contributed by atoms with Crippen molar-refractivity contribution in [2.75, 3.05) is 6.54 Å². The van der Waals surface area contributed by atoms with Crippen molar-refractivity contribution in [2.45, 2.75) is 63.9 Å². The van der Waals surface area contributed by atoms with E-state index in [1.54, 1.807) is 0 Å². The number of rotatable bonds is 5. The molecular formula is C15H25NO4. The van der Waals surface area contributed by atoms with Gasteiger partial charge in [-0.15, -0.1) is 0 Å². The second-order valence-corrected chi connectivity index (χ2v) is 6.46. The van der Waals surface area contributed by atoms with Crippen LogP contribution in [0.4, 0.5) is 0 Å². The van der Waals surface area contributed by atoms with Gasteiger partial charge in [-0.1, -0.05) is 19.3 Å². The maximum absolute atomic E-state index is 12.0. The molecule has 2 aliphatic rings. The molecule has 0 bridgehead atoms. The second-order valence-electron chi connectivity index (χ2n) is 6.46. The molecule has 5 nitrogen and oxygen atoms in total. The fourth-order valence-corrected chi connectivity index (χ4v) is 3.56. The Kier molecular flexibility index (Phi) is 5.02. The Morgan fingerprint density at radius 3 is 2.40 bits per heavy atom. The molecule has 0 spiro atoms. The highest BCUT2D eigenvalue weighted by atomic mass is 16.4. The van der Waals surface area contributed by atoms with Crippen LogP contribution in [-0.2, 0) is 9.59 Å². The van der Waals surface area contributed by atoms with Gasteiger partial charge < -0.3 is 15.5 Å². The number of hydrogen-bond donors (Lipinski definition) is 3. The number of carboxylic acid groups (broad SMARTS) is 1. The fraction of sp³-hybridized carbons (Fsp3) is 0.867. The summed E-state index contributed by atoms with van der Waals surface area (Å²) in [4.78, 5) is 23.5. The molecule has 0 radical (unpaired) electrons. The average molecular weight is 283 g/mol. The lowest BCUT2D eigenvalue weighted by atomic mass is 9.71. The minimum Gasteiger partial charge on any atom is -0.481 e. The highest BCUT2D eigenvalue weighted by molar-refractivity contribution is 5.85. The molecule has 2 fully saturated rings. The summed E-state index contributed by atoms with van der Waals surface area (Å²) in [5.41, 5.74) is -0.850. The van der Waals surface area contributed by atoms with Crippen LogP contribution in [0.1, 0.15) is 57.8 Å². The van der Waals surface area contributed by atoms with Crippen LogP contribution in [0.25, 0.3) is 0 Å². The van der Waals surface area contributed by atoms with Crippen LogP contribution in [0.15, 0.2) is 0 Å². The topological polar surface area (TPSA) is 86.6 Å². The minimum absolute atomic E-state index is 0.0948. The van der Waals surface area contributed by atoms with Gasteiger partial charge in [0.05, 0.1) is 11.5 Å². The molecule has 114 valence electrons. The van der Waals surface area contributed by atoms with Crippen molar-refractivity contribution >= 4 is 11.9 Å². The number of hydrogen-bond acceptors (Lipinski definition) is 3. The number of carbonyl (C=O) groups excluding carboxylic acids is 1. The van der Waals surface area contributed by atoms with Gasteiger partial charge >= 0.3 is 5.97 Å². The van der Waals surface area contributed by atoms with Gasteiger partial charge in [-0.3, -0.25) is 9.59 Å². The van der Waals surface area contributed by atoms with Crippen LogP contribution in [0.2, 0.25) is 0 Å². The summed E-state index contributed by atoms with van der Waals surface area (Å²) >= 11 is 0. The third kappa shape index (κ3) is 3.72. The lowest BCUT2D eigenvalue weighted by molar-refractivity contribution is -0.154. The van der Waals surface area contributed by atoms with Crippen molar-refractivity contribution in [3.63, 3.8) is 0 Å². The van der Waals surface area contributed by atoms with Gasteiger partial charge in [0.25, 0.3) is 0 Å². The van der Waals surface area contributed by atoms with E-state index in [2.05, 4.69) is 5.32 Å². The number of aliphatic hydroxyl groups excluding tert-OH is 1. The standard InChI is InChI=1S/C15H25NO4/c17-12-5-4-11(8-12)10-16-13(18)9-15(14(19)20)6-2-1-3-7-15/h11-12,17H,1-10H2,(H,16,18)(H,19,20). The first-order valence-electron chi connectivity index (χ1n) is 7.70. The molecule has 20 heavy (non-hydrogen) atoms. The SMILES string of the molecule is O=C(CC1(C(=O)O)CCCCC1)NCC1CCC(O)C1. The van der Waals surface area contributed by atoms with Crippen LogP contribution in [0, 0.1) is 11.3 Å². The highest BCUT2D eigenvalue weighted by Crippen LogP contribution is 2.39. The summed E-state index contributed by atoms with van der Waals surface area (Å²) < 4.78 is 0. The second kappa shape index (κ2) is 6.57. The molecule has 0 aromatic heterocycles. The molecule has 0 aromatic rings. The number of nitrogens with one attached hydrogen (secondary N) is 1. The van der Waals surface area contributed by atoms with Gasteiger partial charge in [-0.05, 0) is 38.0 Å². The van der Waals surface area contributed by atoms with E-state index in [9.17, 15) is 19.8 Å². The van der Waals surface area contributed by atoms with Crippen LogP contribution in [-0.4, -0.2) is 34.7 Å². The molecular weight excluding hydrogens is 258 g/mol. The zero-order valence-electron chi connectivity index (χ0n) is 11.9. The summed E-state index contributed by atoms with van der Waals surface area (Å²) in [5.74, 6) is -0.652. The molecule has 0 aliphatic heterocycles. The monoisotopic (exact) mass is 283 g/mol. The van der Waals surface area contributed by atoms with E-state index in [0.29, 0.717) is 25.3 Å². The van der Waals surface area contributed by atoms with E-state index in [4.69, 9.17) is 0 Å². The molecule has 0 aromatic carbocycles. The molecule has 1 amide bonds. The number of amides is 1. The van der Waals surface area contributed by atoms with E-state index in [1.165, 1.54) is 0 Å². The smallest absolute Gasteiger partial charge is 0.310 e. The Bertz CT molecular complexity index is 363. The van der Waals surface area contributed by atoms with Gasteiger partial charge in [0.1, 0.15) is 0 Å². The molecule has 2 unspecified atom stereocenters. The lowest BCUT2D eigenvalue weighted by Crippen LogP contribution is -2.40. The quantitative estimate of drug-likeness (QED) is 0.716. The van der Waals surface area contributed by atoms with Gasteiger partial charge in [0, 0.05) is 13.0 Å². The number of aliphatic carboxylic acids is 1. The maximum atomic E-state index is 12.0. The van der Waals surface area contributed by atoms with Crippen LogP contribution < -0.4 is 5.32 Å². The first-order chi connectivity index (χ1) is 9.52. The van der Waals surface area contributed by atoms with Gasteiger partial charge in [0.2, 0.25) is 5.91 Å². The zero-order valence-corrected chi connectivity index (χ0v) is 11.9. The van der Waals surface area contributed by atoms with E-state index >= 15 is 0 Å². The van der Waals surface area contributed by atoms with Crippen molar-refractivity contribution in [1.82, 2.24) is 5.32 Å². The van der Waals surface area contributed by atoms with E-state index in [0.717, 1.165) is 38.5 Å². The predicted octanol–water partition coefficient (Wildman–Crippen LogP) is 1.69. The summed E-state index contributed by atoms with van der Waals surface area (Å²) in [6, 6.07) is 0. The highest BCUT2D eigenvalue weighted by Gasteiger charge is 2.41. The van der Waals surface area contributed by atoms with Crippen molar-refractivity contribution in [1.29, 1.82) is 0 Å². The molecule has 0 saturated heterocycles. The Balaban J connectivity index is 1.81. The van der Waals surface area contributed by atoms with Crippen molar-refractivity contribution in [2.24, 2.45) is 11.3 Å². The average Bonchev–Trinajstić information content (AvgIpc) is 2.83. The maximum Gasteiger partial charge on any atom is 0.310 e. The summed E-state index contributed by atoms with van der Waals surface area (Å²) in [6.07, 6.45) is 6.42. The largest absolute Gasteiger partial charge is 0.481 e. The van der Waals surface area contributed by atoms with Crippen molar-refractivity contribution in [3.05, 3.63) is 0 Å². The van der Waals surface area contributed by atoms with Crippen LogP contribution in [0.5, 0.6) is 0 Å². The number of carbonyl (C=O) groups is 2. The van der Waals surface area contributed by atoms with E-state index in [-0.39, 0.29) is 18.4 Å².